The van der Waals surface area contributed by atoms with E-state index in [1.165, 1.54) is 19.5 Å². The van der Waals surface area contributed by atoms with E-state index in [-0.39, 0.29) is 0 Å². The fourth-order valence-corrected chi connectivity index (χ4v) is 2.81. The van der Waals surface area contributed by atoms with Crippen molar-refractivity contribution in [2.24, 2.45) is 0 Å². The fraction of sp³-hybridized carbons (Fsp3) is 0.167. The van der Waals surface area contributed by atoms with Crippen molar-refractivity contribution >= 4 is 34.8 Å². The van der Waals surface area contributed by atoms with Gasteiger partial charge in [-0.05, 0) is 50.3 Å². The van der Waals surface area contributed by atoms with Gasteiger partial charge in [0.05, 0.1) is 0 Å². The van der Waals surface area contributed by atoms with Crippen LogP contribution in [0.15, 0.2) is 24.3 Å². The predicted octanol–water partition coefficient (Wildman–Crippen LogP) is 4.60. The first kappa shape index (κ1) is 9.69. The van der Waals surface area contributed by atoms with Crippen LogP contribution in [0.4, 0.5) is 0 Å². The van der Waals surface area contributed by atoms with E-state index in [1.807, 2.05) is 22.7 Å². The minimum absolute atomic E-state index is 1.33. The quantitative estimate of drug-likeness (QED) is 0.694. The van der Waals surface area contributed by atoms with Crippen LogP contribution in [0.1, 0.15) is 19.5 Å². The molecule has 0 aliphatic heterocycles. The van der Waals surface area contributed by atoms with Crippen molar-refractivity contribution in [2.45, 2.75) is 13.8 Å². The van der Waals surface area contributed by atoms with Gasteiger partial charge in [-0.25, -0.2) is 0 Å². The molecule has 2 aromatic heterocycles. The lowest BCUT2D eigenvalue weighted by molar-refractivity contribution is 1.64. The smallest absolute Gasteiger partial charge is 0.0273 e. The molecule has 0 fully saturated rings. The zero-order chi connectivity index (χ0) is 9.97. The molecule has 2 heterocycles. The molecule has 0 aliphatic rings. The normalized spacial score (nSPS) is 11.3. The molecule has 0 N–H and O–H groups in total. The van der Waals surface area contributed by atoms with Crippen LogP contribution in [0, 0.1) is 13.8 Å². The highest BCUT2D eigenvalue weighted by molar-refractivity contribution is 7.13. The molecule has 2 aromatic rings. The van der Waals surface area contributed by atoms with Crippen LogP contribution in [-0.4, -0.2) is 0 Å². The monoisotopic (exact) mass is 220 g/mol. The Hall–Kier alpha value is -0.860. The first-order valence-electron chi connectivity index (χ1n) is 4.55. The molecule has 0 bridgehead atoms. The Balaban J connectivity index is 2.14. The Morgan fingerprint density at radius 2 is 1.21 bits per heavy atom. The average Bonchev–Trinajstić information content (AvgIpc) is 2.72. The van der Waals surface area contributed by atoms with Crippen LogP contribution in [0.5, 0.6) is 0 Å². The van der Waals surface area contributed by atoms with Crippen molar-refractivity contribution in [3.8, 4) is 0 Å². The van der Waals surface area contributed by atoms with E-state index in [0.717, 1.165) is 0 Å². The molecule has 0 nitrogen and oxygen atoms in total. The highest BCUT2D eigenvalue weighted by Gasteiger charge is 1.93. The standard InChI is InChI=1S/C12H12S2/c1-9-3-5-11(13-9)7-8-12-6-4-10(2)14-12/h3-8H,1-2H3/b8-7+. The average molecular weight is 220 g/mol. The summed E-state index contributed by atoms with van der Waals surface area (Å²) in [5, 5.41) is 0. The largest absolute Gasteiger partial charge is 0.141 e. The van der Waals surface area contributed by atoms with Gasteiger partial charge in [0.15, 0.2) is 0 Å². The third kappa shape index (κ3) is 2.34. The topological polar surface area (TPSA) is 0 Å². The van der Waals surface area contributed by atoms with Gasteiger partial charge in [-0.2, -0.15) is 0 Å². The van der Waals surface area contributed by atoms with Crippen molar-refractivity contribution in [1.29, 1.82) is 0 Å². The number of hydrogen-bond acceptors (Lipinski definition) is 2. The number of aryl methyl sites for hydroxylation is 2. The zero-order valence-electron chi connectivity index (χ0n) is 8.28. The zero-order valence-corrected chi connectivity index (χ0v) is 9.91. The molecule has 0 aliphatic carbocycles. The van der Waals surface area contributed by atoms with Crippen LogP contribution in [-0.2, 0) is 0 Å². The van der Waals surface area contributed by atoms with Crippen molar-refractivity contribution in [3.63, 3.8) is 0 Å². The van der Waals surface area contributed by atoms with Crippen LogP contribution >= 0.6 is 22.7 Å². The van der Waals surface area contributed by atoms with Gasteiger partial charge in [-0.1, -0.05) is 0 Å². The van der Waals surface area contributed by atoms with E-state index in [1.54, 1.807) is 0 Å². The molecule has 0 radical (unpaired) electrons. The lowest BCUT2D eigenvalue weighted by Gasteiger charge is -1.83. The highest BCUT2D eigenvalue weighted by Crippen LogP contribution is 2.21. The molecule has 0 amide bonds. The Bertz CT molecular complexity index is 404. The molecule has 0 saturated carbocycles. The molecule has 72 valence electrons. The molecule has 0 unspecified atom stereocenters. The predicted molar refractivity (Wildman–Crippen MR) is 67.0 cm³/mol. The van der Waals surface area contributed by atoms with Gasteiger partial charge in [0.2, 0.25) is 0 Å². The van der Waals surface area contributed by atoms with Crippen LogP contribution < -0.4 is 0 Å². The summed E-state index contributed by atoms with van der Waals surface area (Å²) in [4.78, 5) is 5.39. The van der Waals surface area contributed by atoms with Gasteiger partial charge in [-0.15, -0.1) is 22.7 Å². The van der Waals surface area contributed by atoms with Gasteiger partial charge in [0.25, 0.3) is 0 Å². The van der Waals surface area contributed by atoms with Gasteiger partial charge >= 0.3 is 0 Å². The summed E-state index contributed by atoms with van der Waals surface area (Å²) >= 11 is 3.66. The number of thiophene rings is 2. The van der Waals surface area contributed by atoms with E-state index in [9.17, 15) is 0 Å². The van der Waals surface area contributed by atoms with Crippen molar-refractivity contribution in [1.82, 2.24) is 0 Å². The first-order chi connectivity index (χ1) is 6.74. The summed E-state index contributed by atoms with van der Waals surface area (Å²) < 4.78 is 0. The minimum Gasteiger partial charge on any atom is -0.141 e. The Morgan fingerprint density at radius 3 is 1.50 bits per heavy atom. The maximum absolute atomic E-state index is 2.18. The van der Waals surface area contributed by atoms with Gasteiger partial charge in [0, 0.05) is 19.5 Å². The third-order valence-electron chi connectivity index (χ3n) is 1.93. The molecular formula is C12H12S2. The Labute approximate surface area is 92.5 Å². The van der Waals surface area contributed by atoms with E-state index in [2.05, 4.69) is 50.3 Å². The Kier molecular flexibility index (Phi) is 2.85. The molecule has 0 atom stereocenters. The lowest BCUT2D eigenvalue weighted by Crippen LogP contribution is -1.57. The first-order valence-corrected chi connectivity index (χ1v) is 6.18. The second-order valence-corrected chi connectivity index (χ2v) is 5.87. The summed E-state index contributed by atoms with van der Waals surface area (Å²) in [5.41, 5.74) is 0. The summed E-state index contributed by atoms with van der Waals surface area (Å²) in [6.07, 6.45) is 4.37. The molecule has 0 aromatic carbocycles. The van der Waals surface area contributed by atoms with Crippen molar-refractivity contribution < 1.29 is 0 Å². The summed E-state index contributed by atoms with van der Waals surface area (Å²) in [5.74, 6) is 0. The van der Waals surface area contributed by atoms with Crippen LogP contribution in [0.25, 0.3) is 12.2 Å². The van der Waals surface area contributed by atoms with Crippen LogP contribution in [0.2, 0.25) is 0 Å². The number of rotatable bonds is 2. The number of hydrogen-bond donors (Lipinski definition) is 0. The maximum Gasteiger partial charge on any atom is 0.0273 e. The van der Waals surface area contributed by atoms with Crippen molar-refractivity contribution in [3.05, 3.63) is 43.8 Å². The van der Waals surface area contributed by atoms with Gasteiger partial charge < -0.3 is 0 Å². The second kappa shape index (κ2) is 4.11. The minimum atomic E-state index is 1.33. The summed E-state index contributed by atoms with van der Waals surface area (Å²) in [6, 6.07) is 8.64. The highest BCUT2D eigenvalue weighted by atomic mass is 32.1. The Morgan fingerprint density at radius 1 is 0.786 bits per heavy atom. The maximum atomic E-state index is 2.18. The molecule has 0 spiro atoms. The van der Waals surface area contributed by atoms with E-state index < -0.39 is 0 Å². The van der Waals surface area contributed by atoms with Gasteiger partial charge in [0.1, 0.15) is 0 Å². The summed E-state index contributed by atoms with van der Waals surface area (Å²) in [7, 11) is 0. The molecule has 2 heteroatoms. The molecule has 14 heavy (non-hydrogen) atoms. The third-order valence-corrected chi connectivity index (χ3v) is 3.87. The molecule has 0 saturated heterocycles. The molecular weight excluding hydrogens is 208 g/mol. The fourth-order valence-electron chi connectivity index (χ4n) is 1.25. The van der Waals surface area contributed by atoms with Crippen molar-refractivity contribution in [2.75, 3.05) is 0 Å². The second-order valence-electron chi connectivity index (χ2n) is 3.23. The summed E-state index contributed by atoms with van der Waals surface area (Å²) in [6.45, 7) is 4.27. The van der Waals surface area contributed by atoms with E-state index in [4.69, 9.17) is 0 Å². The molecule has 2 rings (SSSR count). The SMILES string of the molecule is Cc1ccc(/C=C/c2ccc(C)s2)s1. The van der Waals surface area contributed by atoms with E-state index in [0.29, 0.717) is 0 Å². The van der Waals surface area contributed by atoms with E-state index >= 15 is 0 Å². The lowest BCUT2D eigenvalue weighted by atomic mass is 10.3. The van der Waals surface area contributed by atoms with Gasteiger partial charge in [-0.3, -0.25) is 0 Å². The van der Waals surface area contributed by atoms with Crippen LogP contribution in [0.3, 0.4) is 0 Å².